The minimum Gasteiger partial charge on any atom is -0.491 e. The molecule has 0 aliphatic rings. The summed E-state index contributed by atoms with van der Waals surface area (Å²) in [6, 6.07) is 17.5. The van der Waals surface area contributed by atoms with E-state index < -0.39 is 13.8 Å². The second-order valence-corrected chi connectivity index (χ2v) is 8.62. The molecule has 0 aliphatic heterocycles. The highest BCUT2D eigenvalue weighted by Gasteiger charge is 2.25. The van der Waals surface area contributed by atoms with Crippen LogP contribution in [0.15, 0.2) is 54.6 Å². The lowest BCUT2D eigenvalue weighted by atomic mass is 10.1. The highest BCUT2D eigenvalue weighted by molar-refractivity contribution is 7.54. The lowest BCUT2D eigenvalue weighted by Crippen LogP contribution is -2.32. The number of hydrogen-bond donors (Lipinski definition) is 2. The van der Waals surface area contributed by atoms with Crippen molar-refractivity contribution in [3.05, 3.63) is 60.2 Å². The van der Waals surface area contributed by atoms with Gasteiger partial charge in [-0.3, -0.25) is 9.09 Å². The van der Waals surface area contributed by atoms with Crippen molar-refractivity contribution in [2.75, 3.05) is 27.3 Å². The third-order valence-electron chi connectivity index (χ3n) is 4.24. The standard InChI is InChI=1S/C21H31N2O4P/c1-4-5-9-18-12-14-20(15-13-18)26-17-21(27-28(24,22-2)23-3)16-25-19-10-7-6-8-11-19/h6-8,10-15,21H,4-5,9,16-17H2,1-3H3,(H2,22,23,24). The molecule has 1 unspecified atom stereocenters. The monoisotopic (exact) mass is 406 g/mol. The first-order chi connectivity index (χ1) is 13.6. The first-order valence-corrected chi connectivity index (χ1v) is 11.3. The predicted octanol–water partition coefficient (Wildman–Crippen LogP) is 4.42. The number of ether oxygens (including phenoxy) is 2. The molecule has 154 valence electrons. The average molecular weight is 406 g/mol. The van der Waals surface area contributed by atoms with E-state index in [1.165, 1.54) is 18.4 Å². The Morgan fingerprint density at radius 3 is 2.00 bits per heavy atom. The first kappa shape index (κ1) is 22.4. The van der Waals surface area contributed by atoms with Gasteiger partial charge < -0.3 is 9.47 Å². The Morgan fingerprint density at radius 2 is 1.46 bits per heavy atom. The molecule has 0 bridgehead atoms. The van der Waals surface area contributed by atoms with Gasteiger partial charge in [-0.25, -0.2) is 10.2 Å². The molecule has 7 heteroatoms. The zero-order valence-electron chi connectivity index (χ0n) is 16.9. The quantitative estimate of drug-likeness (QED) is 0.480. The van der Waals surface area contributed by atoms with Crippen molar-refractivity contribution in [3.8, 4) is 11.5 Å². The van der Waals surface area contributed by atoms with Crippen LogP contribution in [-0.2, 0) is 15.5 Å². The number of para-hydroxylation sites is 1. The van der Waals surface area contributed by atoms with Crippen LogP contribution in [0.25, 0.3) is 0 Å². The Balaban J connectivity index is 1.96. The van der Waals surface area contributed by atoms with Crippen LogP contribution in [0.1, 0.15) is 25.3 Å². The molecule has 1 atom stereocenters. The SMILES string of the molecule is CCCCc1ccc(OCC(COc2ccccc2)OP(=O)(NC)NC)cc1. The second-order valence-electron chi connectivity index (χ2n) is 6.41. The number of rotatable bonds is 13. The van der Waals surface area contributed by atoms with Crippen LogP contribution in [0.4, 0.5) is 0 Å². The Morgan fingerprint density at radius 1 is 0.893 bits per heavy atom. The summed E-state index contributed by atoms with van der Waals surface area (Å²) >= 11 is 0. The maximum absolute atomic E-state index is 12.6. The molecular formula is C21H31N2O4P. The van der Waals surface area contributed by atoms with E-state index >= 15 is 0 Å². The van der Waals surface area contributed by atoms with E-state index in [1.54, 1.807) is 14.1 Å². The lowest BCUT2D eigenvalue weighted by molar-refractivity contribution is 0.0803. The third kappa shape index (κ3) is 7.64. The Labute approximate surface area is 168 Å². The molecule has 2 aromatic carbocycles. The van der Waals surface area contributed by atoms with Crippen molar-refractivity contribution in [2.24, 2.45) is 0 Å². The van der Waals surface area contributed by atoms with Gasteiger partial charge in [0.1, 0.15) is 30.8 Å². The normalized spacial score (nSPS) is 12.5. The molecule has 0 heterocycles. The summed E-state index contributed by atoms with van der Waals surface area (Å²) in [6.07, 6.45) is 2.90. The Kier molecular flexibility index (Phi) is 9.51. The number of hydrogen-bond acceptors (Lipinski definition) is 4. The van der Waals surface area contributed by atoms with Crippen LogP contribution in [0.2, 0.25) is 0 Å². The van der Waals surface area contributed by atoms with Gasteiger partial charge in [0.15, 0.2) is 0 Å². The smallest absolute Gasteiger partial charge is 0.340 e. The van der Waals surface area contributed by atoms with Gasteiger partial charge in [-0.05, 0) is 56.8 Å². The molecule has 0 saturated heterocycles. The van der Waals surface area contributed by atoms with E-state index in [2.05, 4.69) is 29.2 Å². The van der Waals surface area contributed by atoms with Crippen LogP contribution in [0.3, 0.4) is 0 Å². The van der Waals surface area contributed by atoms with Crippen molar-refractivity contribution in [1.29, 1.82) is 0 Å². The third-order valence-corrected chi connectivity index (χ3v) is 6.02. The first-order valence-electron chi connectivity index (χ1n) is 9.64. The summed E-state index contributed by atoms with van der Waals surface area (Å²) in [5.41, 5.74) is 1.30. The number of benzene rings is 2. The zero-order chi connectivity index (χ0) is 20.2. The second kappa shape index (κ2) is 11.9. The molecule has 28 heavy (non-hydrogen) atoms. The fraction of sp³-hybridized carbons (Fsp3) is 0.429. The predicted molar refractivity (Wildman–Crippen MR) is 113 cm³/mol. The Bertz CT molecular complexity index is 717. The van der Waals surface area contributed by atoms with Gasteiger partial charge in [0.2, 0.25) is 0 Å². The number of aryl methyl sites for hydroxylation is 1. The minimum absolute atomic E-state index is 0.214. The van der Waals surface area contributed by atoms with Crippen molar-refractivity contribution >= 4 is 7.67 Å². The van der Waals surface area contributed by atoms with Gasteiger partial charge in [-0.2, -0.15) is 0 Å². The van der Waals surface area contributed by atoms with E-state index in [9.17, 15) is 4.57 Å². The van der Waals surface area contributed by atoms with Gasteiger partial charge in [0.05, 0.1) is 0 Å². The zero-order valence-corrected chi connectivity index (χ0v) is 17.8. The van der Waals surface area contributed by atoms with E-state index in [0.717, 1.165) is 17.9 Å². The van der Waals surface area contributed by atoms with Crippen LogP contribution < -0.4 is 19.6 Å². The van der Waals surface area contributed by atoms with Crippen molar-refractivity contribution in [3.63, 3.8) is 0 Å². The highest BCUT2D eigenvalue weighted by Crippen LogP contribution is 2.37. The van der Waals surface area contributed by atoms with Crippen molar-refractivity contribution in [2.45, 2.75) is 32.3 Å². The molecule has 0 aromatic heterocycles. The van der Waals surface area contributed by atoms with Gasteiger partial charge in [-0.1, -0.05) is 43.7 Å². The highest BCUT2D eigenvalue weighted by atomic mass is 31.2. The topological polar surface area (TPSA) is 68.8 Å². The molecule has 0 radical (unpaired) electrons. The summed E-state index contributed by atoms with van der Waals surface area (Å²) in [4.78, 5) is 0. The maximum Gasteiger partial charge on any atom is 0.340 e. The van der Waals surface area contributed by atoms with Gasteiger partial charge >= 0.3 is 7.67 Å². The summed E-state index contributed by atoms with van der Waals surface area (Å²) in [6.45, 7) is 2.62. The number of unbranched alkanes of at least 4 members (excludes halogenated alkanes) is 1. The van der Waals surface area contributed by atoms with Crippen LogP contribution in [-0.4, -0.2) is 33.4 Å². The summed E-state index contributed by atoms with van der Waals surface area (Å²) in [7, 11) is 0.0109. The minimum atomic E-state index is -3.16. The van der Waals surface area contributed by atoms with Crippen LogP contribution >= 0.6 is 7.67 Å². The van der Waals surface area contributed by atoms with Crippen molar-refractivity contribution in [1.82, 2.24) is 10.2 Å². The maximum atomic E-state index is 12.6. The van der Waals surface area contributed by atoms with Crippen molar-refractivity contribution < 1.29 is 18.6 Å². The molecule has 0 amide bonds. The van der Waals surface area contributed by atoms with Crippen LogP contribution in [0.5, 0.6) is 11.5 Å². The molecule has 6 nitrogen and oxygen atoms in total. The Hall–Kier alpha value is -1.85. The molecule has 2 rings (SSSR count). The number of nitrogens with one attached hydrogen (secondary N) is 2. The summed E-state index contributed by atoms with van der Waals surface area (Å²) < 4.78 is 30.0. The van der Waals surface area contributed by atoms with E-state index in [-0.39, 0.29) is 13.2 Å². The molecule has 2 N–H and O–H groups in total. The molecule has 0 spiro atoms. The summed E-state index contributed by atoms with van der Waals surface area (Å²) in [5, 5.41) is 5.39. The van der Waals surface area contributed by atoms with E-state index in [4.69, 9.17) is 14.0 Å². The average Bonchev–Trinajstić information content (AvgIpc) is 2.75. The molecule has 2 aromatic rings. The molecule has 0 fully saturated rings. The molecular weight excluding hydrogens is 375 g/mol. The fourth-order valence-corrected chi connectivity index (χ4v) is 3.54. The summed E-state index contributed by atoms with van der Waals surface area (Å²) in [5.74, 6) is 1.47. The van der Waals surface area contributed by atoms with E-state index in [1.807, 2.05) is 42.5 Å². The van der Waals surface area contributed by atoms with Gasteiger partial charge in [-0.15, -0.1) is 0 Å². The van der Waals surface area contributed by atoms with E-state index in [0.29, 0.717) is 0 Å². The largest absolute Gasteiger partial charge is 0.491 e. The fourth-order valence-electron chi connectivity index (χ4n) is 2.56. The molecule has 0 aliphatic carbocycles. The molecule has 0 saturated carbocycles. The van der Waals surface area contributed by atoms with Gasteiger partial charge in [0, 0.05) is 0 Å². The van der Waals surface area contributed by atoms with Gasteiger partial charge in [0.25, 0.3) is 0 Å². The van der Waals surface area contributed by atoms with Crippen LogP contribution in [0, 0.1) is 0 Å². The lowest BCUT2D eigenvalue weighted by Gasteiger charge is -2.24.